The topological polar surface area (TPSA) is 34.6 Å². The molecule has 4 nitrogen and oxygen atoms in total. The first-order valence-corrected chi connectivity index (χ1v) is 8.72. The highest BCUT2D eigenvalue weighted by atomic mass is 33.1. The summed E-state index contributed by atoms with van der Waals surface area (Å²) >= 11 is 4.27. The molecule has 0 aliphatic carbocycles. The molecule has 1 unspecified atom stereocenters. The van der Waals surface area contributed by atoms with E-state index in [1.165, 1.54) is 10.8 Å². The number of aromatic nitrogens is 1. The van der Waals surface area contributed by atoms with E-state index >= 15 is 0 Å². The van der Waals surface area contributed by atoms with Crippen molar-refractivity contribution < 1.29 is 9.47 Å². The SMILES string of the molecule is CC(SS)c1ccc(O[C@H]2CCOC2)c(CN(C)C)n1. The lowest BCUT2D eigenvalue weighted by molar-refractivity contribution is 0.139. The van der Waals surface area contributed by atoms with Gasteiger partial charge in [0, 0.05) is 13.0 Å². The summed E-state index contributed by atoms with van der Waals surface area (Å²) in [5.41, 5.74) is 2.02. The first-order valence-electron chi connectivity index (χ1n) is 6.79. The first kappa shape index (κ1) is 15.9. The molecule has 1 fully saturated rings. The highest BCUT2D eigenvalue weighted by Gasteiger charge is 2.20. The largest absolute Gasteiger partial charge is 0.486 e. The van der Waals surface area contributed by atoms with Gasteiger partial charge in [0.15, 0.2) is 0 Å². The van der Waals surface area contributed by atoms with E-state index in [1.54, 1.807) is 0 Å². The van der Waals surface area contributed by atoms with Crippen molar-refractivity contribution >= 4 is 22.5 Å². The molecule has 6 heteroatoms. The van der Waals surface area contributed by atoms with E-state index in [1.807, 2.05) is 26.2 Å². The van der Waals surface area contributed by atoms with Gasteiger partial charge < -0.3 is 14.4 Å². The average Bonchev–Trinajstić information content (AvgIpc) is 2.92. The summed E-state index contributed by atoms with van der Waals surface area (Å²) in [5, 5.41) is 0.267. The molecule has 0 N–H and O–H groups in total. The van der Waals surface area contributed by atoms with Crippen molar-refractivity contribution in [1.29, 1.82) is 0 Å². The molecule has 2 atom stereocenters. The summed E-state index contributed by atoms with van der Waals surface area (Å²) in [4.78, 5) is 6.85. The summed E-state index contributed by atoms with van der Waals surface area (Å²) in [6, 6.07) is 4.05. The van der Waals surface area contributed by atoms with Crippen molar-refractivity contribution in [1.82, 2.24) is 9.88 Å². The minimum absolute atomic E-state index is 0.153. The number of nitrogens with zero attached hydrogens (tertiary/aromatic N) is 2. The van der Waals surface area contributed by atoms with E-state index in [0.717, 1.165) is 36.7 Å². The smallest absolute Gasteiger partial charge is 0.142 e. The number of hydrogen-bond acceptors (Lipinski definition) is 6. The Kier molecular flexibility index (Phi) is 6.01. The molecule has 1 aromatic rings. The van der Waals surface area contributed by atoms with E-state index in [0.29, 0.717) is 6.61 Å². The molecule has 0 saturated carbocycles. The second-order valence-corrected chi connectivity index (χ2v) is 6.82. The van der Waals surface area contributed by atoms with Crippen molar-refractivity contribution in [2.75, 3.05) is 27.3 Å². The lowest BCUT2D eigenvalue weighted by Crippen LogP contribution is -2.19. The Morgan fingerprint density at radius 3 is 2.95 bits per heavy atom. The van der Waals surface area contributed by atoms with Gasteiger partial charge in [-0.2, -0.15) is 0 Å². The monoisotopic (exact) mass is 314 g/mol. The second-order valence-electron chi connectivity index (χ2n) is 5.27. The van der Waals surface area contributed by atoms with E-state index in [9.17, 15) is 0 Å². The van der Waals surface area contributed by atoms with Crippen LogP contribution in [0.15, 0.2) is 12.1 Å². The quantitative estimate of drug-likeness (QED) is 0.645. The van der Waals surface area contributed by atoms with Crippen LogP contribution in [0.25, 0.3) is 0 Å². The fourth-order valence-corrected chi connectivity index (χ4v) is 2.65. The molecule has 0 radical (unpaired) electrons. The molecule has 1 aliphatic heterocycles. The summed E-state index contributed by atoms with van der Waals surface area (Å²) in [6.07, 6.45) is 1.10. The van der Waals surface area contributed by atoms with Gasteiger partial charge in [-0.05, 0) is 33.2 Å². The minimum atomic E-state index is 0.153. The normalized spacial score (nSPS) is 20.4. The number of pyridine rings is 1. The molecule has 1 aromatic heterocycles. The summed E-state index contributed by atoms with van der Waals surface area (Å²) in [6.45, 7) is 4.32. The summed E-state index contributed by atoms with van der Waals surface area (Å²) in [7, 11) is 5.57. The Hall–Kier alpha value is -0.430. The second kappa shape index (κ2) is 7.54. The molecule has 2 heterocycles. The van der Waals surface area contributed by atoms with Crippen LogP contribution in [0.4, 0.5) is 0 Å². The Balaban J connectivity index is 2.19. The zero-order valence-electron chi connectivity index (χ0n) is 12.2. The predicted molar refractivity (Wildman–Crippen MR) is 86.5 cm³/mol. The molecular formula is C14H22N2O2S2. The third-order valence-corrected chi connectivity index (χ3v) is 4.68. The van der Waals surface area contributed by atoms with Crippen LogP contribution in [0, 0.1) is 0 Å². The van der Waals surface area contributed by atoms with Gasteiger partial charge in [-0.25, -0.2) is 0 Å². The van der Waals surface area contributed by atoms with Gasteiger partial charge in [-0.1, -0.05) is 10.8 Å². The molecule has 1 aliphatic rings. The van der Waals surface area contributed by atoms with Gasteiger partial charge in [0.25, 0.3) is 0 Å². The standard InChI is InChI=1S/C14H22N2O2S2/c1-10(20-19)12-4-5-14(13(15-12)8-16(2)3)18-11-6-7-17-9-11/h4-5,10-11,19H,6-9H2,1-3H3/t10?,11-/m0/s1. The zero-order valence-corrected chi connectivity index (χ0v) is 13.9. The minimum Gasteiger partial charge on any atom is -0.486 e. The van der Waals surface area contributed by atoms with Crippen molar-refractivity contribution in [3.05, 3.63) is 23.5 Å². The van der Waals surface area contributed by atoms with Gasteiger partial charge in [0.05, 0.1) is 29.9 Å². The van der Waals surface area contributed by atoms with Crippen LogP contribution in [0.2, 0.25) is 0 Å². The lowest BCUT2D eigenvalue weighted by atomic mass is 10.2. The molecule has 1 saturated heterocycles. The average molecular weight is 314 g/mol. The van der Waals surface area contributed by atoms with Gasteiger partial charge in [0.1, 0.15) is 11.9 Å². The molecule has 112 valence electrons. The molecule has 0 spiro atoms. The van der Waals surface area contributed by atoms with Crippen LogP contribution in [0.1, 0.15) is 30.0 Å². The van der Waals surface area contributed by atoms with Crippen LogP contribution in [0.3, 0.4) is 0 Å². The summed E-state index contributed by atoms with van der Waals surface area (Å²) < 4.78 is 11.4. The summed E-state index contributed by atoms with van der Waals surface area (Å²) in [5.74, 6) is 0.870. The Labute approximate surface area is 130 Å². The highest BCUT2D eigenvalue weighted by molar-refractivity contribution is 8.68. The van der Waals surface area contributed by atoms with Crippen molar-refractivity contribution in [3.63, 3.8) is 0 Å². The molecule has 2 rings (SSSR count). The van der Waals surface area contributed by atoms with Gasteiger partial charge in [-0.15, -0.1) is 11.7 Å². The highest BCUT2D eigenvalue weighted by Crippen LogP contribution is 2.32. The third kappa shape index (κ3) is 4.28. The van der Waals surface area contributed by atoms with Gasteiger partial charge in [-0.3, -0.25) is 4.98 Å². The molecule has 20 heavy (non-hydrogen) atoms. The van der Waals surface area contributed by atoms with E-state index in [4.69, 9.17) is 14.5 Å². The van der Waals surface area contributed by atoms with Crippen LogP contribution >= 0.6 is 22.5 Å². The van der Waals surface area contributed by atoms with E-state index < -0.39 is 0 Å². The van der Waals surface area contributed by atoms with Crippen molar-refractivity contribution in [3.8, 4) is 5.75 Å². The molecule has 0 bridgehead atoms. The van der Waals surface area contributed by atoms with Crippen LogP contribution in [0.5, 0.6) is 5.75 Å². The molecule has 0 amide bonds. The number of hydrogen-bond donors (Lipinski definition) is 1. The molecular weight excluding hydrogens is 292 g/mol. The number of thiol groups is 1. The van der Waals surface area contributed by atoms with Gasteiger partial charge in [0.2, 0.25) is 0 Å². The number of ether oxygens (including phenoxy) is 2. The van der Waals surface area contributed by atoms with E-state index in [2.05, 4.69) is 23.5 Å². The van der Waals surface area contributed by atoms with E-state index in [-0.39, 0.29) is 11.4 Å². The van der Waals surface area contributed by atoms with Crippen molar-refractivity contribution in [2.24, 2.45) is 0 Å². The zero-order chi connectivity index (χ0) is 14.5. The maximum absolute atomic E-state index is 6.04. The lowest BCUT2D eigenvalue weighted by Gasteiger charge is -2.19. The first-order chi connectivity index (χ1) is 9.60. The van der Waals surface area contributed by atoms with Crippen LogP contribution < -0.4 is 4.74 Å². The van der Waals surface area contributed by atoms with Crippen LogP contribution in [-0.2, 0) is 11.3 Å². The molecule has 0 aromatic carbocycles. The Morgan fingerprint density at radius 2 is 2.35 bits per heavy atom. The van der Waals surface area contributed by atoms with Crippen LogP contribution in [-0.4, -0.2) is 43.3 Å². The third-order valence-electron chi connectivity index (χ3n) is 3.18. The van der Waals surface area contributed by atoms with Crippen molar-refractivity contribution in [2.45, 2.75) is 31.2 Å². The Morgan fingerprint density at radius 1 is 1.55 bits per heavy atom. The maximum atomic E-state index is 6.04. The fourth-order valence-electron chi connectivity index (χ4n) is 2.09. The Bertz CT molecular complexity index is 437. The fraction of sp³-hybridized carbons (Fsp3) is 0.643. The number of rotatable bonds is 6. The predicted octanol–water partition coefficient (Wildman–Crippen LogP) is 2.95. The maximum Gasteiger partial charge on any atom is 0.142 e. The van der Waals surface area contributed by atoms with Gasteiger partial charge >= 0.3 is 0 Å².